The normalized spacial score (nSPS) is 24.2. The summed E-state index contributed by atoms with van der Waals surface area (Å²) in [6.45, 7) is 8.49. The van der Waals surface area contributed by atoms with Crippen LogP contribution >= 0.6 is 0 Å². The Balaban J connectivity index is 2.58. The molecule has 0 aromatic rings. The van der Waals surface area contributed by atoms with Crippen LogP contribution in [0.3, 0.4) is 0 Å². The quantitative estimate of drug-likeness (QED) is 0.719. The Morgan fingerprint density at radius 3 is 2.61 bits per heavy atom. The molecule has 18 heavy (non-hydrogen) atoms. The molecule has 0 saturated carbocycles. The standard InChI is InChI=1S/C13H28N4O/c1-11(10-13(2,15-3)12(14)18)17-7-5-6-16(4)8-9-17/h11,15H,5-10H2,1-4H3,(H2,14,18). The average molecular weight is 256 g/mol. The highest BCUT2D eigenvalue weighted by Gasteiger charge is 2.32. The first-order valence-corrected chi connectivity index (χ1v) is 6.80. The maximum atomic E-state index is 11.5. The smallest absolute Gasteiger partial charge is 0.237 e. The highest BCUT2D eigenvalue weighted by Crippen LogP contribution is 2.17. The van der Waals surface area contributed by atoms with Crippen LogP contribution in [0.2, 0.25) is 0 Å². The van der Waals surface area contributed by atoms with E-state index in [4.69, 9.17) is 5.73 Å². The number of amides is 1. The monoisotopic (exact) mass is 256 g/mol. The lowest BCUT2D eigenvalue weighted by atomic mass is 9.92. The van der Waals surface area contributed by atoms with Crippen LogP contribution in [0, 0.1) is 0 Å². The minimum atomic E-state index is -0.613. The second kappa shape index (κ2) is 6.50. The predicted octanol–water partition coefficient (Wildman–Crippen LogP) is -0.134. The first-order valence-electron chi connectivity index (χ1n) is 6.80. The Hall–Kier alpha value is -0.650. The zero-order chi connectivity index (χ0) is 13.8. The van der Waals surface area contributed by atoms with Gasteiger partial charge in [0, 0.05) is 19.1 Å². The highest BCUT2D eigenvalue weighted by atomic mass is 16.1. The maximum absolute atomic E-state index is 11.5. The summed E-state index contributed by atoms with van der Waals surface area (Å²) in [5, 5.41) is 3.06. The largest absolute Gasteiger partial charge is 0.368 e. The molecule has 1 rings (SSSR count). The molecule has 1 aliphatic heterocycles. The molecule has 0 aromatic heterocycles. The first kappa shape index (κ1) is 15.4. The van der Waals surface area contributed by atoms with Crippen LogP contribution in [0.15, 0.2) is 0 Å². The summed E-state index contributed by atoms with van der Waals surface area (Å²) in [7, 11) is 3.96. The molecule has 1 saturated heterocycles. The molecule has 0 aromatic carbocycles. The van der Waals surface area contributed by atoms with Gasteiger partial charge in [-0.2, -0.15) is 0 Å². The van der Waals surface area contributed by atoms with Gasteiger partial charge in [0.05, 0.1) is 5.54 Å². The van der Waals surface area contributed by atoms with Crippen molar-refractivity contribution in [1.29, 1.82) is 0 Å². The first-order chi connectivity index (χ1) is 8.39. The molecule has 5 nitrogen and oxygen atoms in total. The lowest BCUT2D eigenvalue weighted by molar-refractivity contribution is -0.124. The van der Waals surface area contributed by atoms with Gasteiger partial charge >= 0.3 is 0 Å². The number of hydrogen-bond acceptors (Lipinski definition) is 4. The topological polar surface area (TPSA) is 61.6 Å². The van der Waals surface area contributed by atoms with Gasteiger partial charge in [-0.1, -0.05) is 0 Å². The van der Waals surface area contributed by atoms with E-state index in [1.54, 1.807) is 7.05 Å². The number of carbonyl (C=O) groups excluding carboxylic acids is 1. The van der Waals surface area contributed by atoms with Gasteiger partial charge in [0.2, 0.25) is 5.91 Å². The fourth-order valence-electron chi connectivity index (χ4n) is 2.55. The number of carbonyl (C=O) groups is 1. The summed E-state index contributed by atoms with van der Waals surface area (Å²) < 4.78 is 0. The Kier molecular flexibility index (Phi) is 5.56. The molecule has 1 heterocycles. The number of likely N-dealkylation sites (N-methyl/N-ethyl adjacent to an activating group) is 2. The number of hydrogen-bond donors (Lipinski definition) is 2. The molecule has 1 fully saturated rings. The average Bonchev–Trinajstić information content (AvgIpc) is 2.53. The van der Waals surface area contributed by atoms with Crippen LogP contribution in [-0.4, -0.2) is 67.6 Å². The van der Waals surface area contributed by atoms with Crippen LogP contribution < -0.4 is 11.1 Å². The van der Waals surface area contributed by atoms with E-state index in [9.17, 15) is 4.79 Å². The Morgan fingerprint density at radius 2 is 2.06 bits per heavy atom. The van der Waals surface area contributed by atoms with Gasteiger partial charge in [-0.3, -0.25) is 9.69 Å². The second-order valence-electron chi connectivity index (χ2n) is 5.69. The van der Waals surface area contributed by atoms with Gasteiger partial charge in [0.15, 0.2) is 0 Å². The summed E-state index contributed by atoms with van der Waals surface area (Å²) in [5.41, 5.74) is 4.87. The maximum Gasteiger partial charge on any atom is 0.237 e. The minimum absolute atomic E-state index is 0.274. The molecule has 0 spiro atoms. The van der Waals surface area contributed by atoms with E-state index in [2.05, 4.69) is 29.1 Å². The van der Waals surface area contributed by atoms with Gasteiger partial charge < -0.3 is 16.0 Å². The molecule has 0 bridgehead atoms. The number of nitrogens with zero attached hydrogens (tertiary/aromatic N) is 2. The Labute approximate surface area is 111 Å². The van der Waals surface area contributed by atoms with Gasteiger partial charge in [-0.25, -0.2) is 0 Å². The zero-order valence-electron chi connectivity index (χ0n) is 12.2. The van der Waals surface area contributed by atoms with Crippen molar-refractivity contribution in [2.75, 3.05) is 40.3 Å². The van der Waals surface area contributed by atoms with Gasteiger partial charge in [0.25, 0.3) is 0 Å². The van der Waals surface area contributed by atoms with Crippen molar-refractivity contribution in [2.24, 2.45) is 5.73 Å². The van der Waals surface area contributed by atoms with Crippen LogP contribution in [0.25, 0.3) is 0 Å². The fraction of sp³-hybridized carbons (Fsp3) is 0.923. The summed E-state index contributed by atoms with van der Waals surface area (Å²) in [6, 6.07) is 0.362. The summed E-state index contributed by atoms with van der Waals surface area (Å²) in [4.78, 5) is 16.3. The van der Waals surface area contributed by atoms with E-state index in [1.807, 2.05) is 6.92 Å². The van der Waals surface area contributed by atoms with Crippen LogP contribution in [0.4, 0.5) is 0 Å². The number of rotatable bonds is 5. The molecular weight excluding hydrogens is 228 g/mol. The third kappa shape index (κ3) is 3.93. The van der Waals surface area contributed by atoms with Crippen LogP contribution in [-0.2, 0) is 4.79 Å². The van der Waals surface area contributed by atoms with Crippen molar-refractivity contribution < 1.29 is 4.79 Å². The van der Waals surface area contributed by atoms with Gasteiger partial charge in [0.1, 0.15) is 0 Å². The minimum Gasteiger partial charge on any atom is -0.368 e. The van der Waals surface area contributed by atoms with Crippen LogP contribution in [0.1, 0.15) is 26.7 Å². The summed E-state index contributed by atoms with van der Waals surface area (Å²) >= 11 is 0. The van der Waals surface area contributed by atoms with Crippen molar-refractivity contribution in [3.63, 3.8) is 0 Å². The third-order valence-electron chi connectivity index (χ3n) is 4.18. The van der Waals surface area contributed by atoms with E-state index >= 15 is 0 Å². The molecule has 0 aliphatic carbocycles. The van der Waals surface area contributed by atoms with Crippen LogP contribution in [0.5, 0.6) is 0 Å². The molecule has 1 aliphatic rings. The fourth-order valence-corrected chi connectivity index (χ4v) is 2.55. The van der Waals surface area contributed by atoms with Crippen molar-refractivity contribution in [1.82, 2.24) is 15.1 Å². The molecule has 1 amide bonds. The molecule has 5 heteroatoms. The van der Waals surface area contributed by atoms with Crippen molar-refractivity contribution in [3.05, 3.63) is 0 Å². The number of nitrogens with two attached hydrogens (primary N) is 1. The van der Waals surface area contributed by atoms with Crippen molar-refractivity contribution in [2.45, 2.75) is 38.3 Å². The lowest BCUT2D eigenvalue weighted by Gasteiger charge is -2.34. The Morgan fingerprint density at radius 1 is 1.39 bits per heavy atom. The summed E-state index contributed by atoms with van der Waals surface area (Å²) in [5.74, 6) is -0.274. The van der Waals surface area contributed by atoms with Crippen molar-refractivity contribution >= 4 is 5.91 Å². The number of primary amides is 1. The zero-order valence-corrected chi connectivity index (χ0v) is 12.2. The van der Waals surface area contributed by atoms with Crippen molar-refractivity contribution in [3.8, 4) is 0 Å². The molecule has 106 valence electrons. The second-order valence-corrected chi connectivity index (χ2v) is 5.69. The van der Waals surface area contributed by atoms with Gasteiger partial charge in [-0.05, 0) is 53.9 Å². The third-order valence-corrected chi connectivity index (χ3v) is 4.18. The van der Waals surface area contributed by atoms with E-state index in [1.165, 1.54) is 6.42 Å². The predicted molar refractivity (Wildman–Crippen MR) is 74.4 cm³/mol. The van der Waals surface area contributed by atoms with Gasteiger partial charge in [-0.15, -0.1) is 0 Å². The van der Waals surface area contributed by atoms with E-state index < -0.39 is 5.54 Å². The Bertz CT molecular complexity index is 284. The van der Waals surface area contributed by atoms with E-state index in [-0.39, 0.29) is 5.91 Å². The molecule has 3 N–H and O–H groups in total. The molecular formula is C13H28N4O. The number of nitrogens with one attached hydrogen (secondary N) is 1. The highest BCUT2D eigenvalue weighted by molar-refractivity contribution is 5.84. The SMILES string of the molecule is CNC(C)(CC(C)N1CCCN(C)CC1)C(N)=O. The molecule has 2 unspecified atom stereocenters. The van der Waals surface area contributed by atoms with E-state index in [0.717, 1.165) is 32.6 Å². The molecule has 0 radical (unpaired) electrons. The molecule has 2 atom stereocenters. The lowest BCUT2D eigenvalue weighted by Crippen LogP contribution is -2.55. The summed E-state index contributed by atoms with van der Waals surface area (Å²) in [6.07, 6.45) is 1.94. The van der Waals surface area contributed by atoms with E-state index in [0.29, 0.717) is 6.04 Å².